The van der Waals surface area contributed by atoms with Gasteiger partial charge in [0, 0.05) is 40.7 Å². The molecular formula is C25H28FN3O4. The van der Waals surface area contributed by atoms with Crippen molar-refractivity contribution in [2.24, 2.45) is 0 Å². The lowest BCUT2D eigenvalue weighted by Gasteiger charge is -2.37. The predicted octanol–water partition coefficient (Wildman–Crippen LogP) is 2.82. The molecule has 0 aliphatic carbocycles. The van der Waals surface area contributed by atoms with Gasteiger partial charge in [0.2, 0.25) is 0 Å². The van der Waals surface area contributed by atoms with Crippen molar-refractivity contribution in [3.63, 3.8) is 0 Å². The SMILES string of the molecule is CC[C@]1(O)c2cc3n(c(=O)c2COC1O)Cc1c-3nc2cc(F)c(C)cc2c1CNC(C)C. The highest BCUT2D eigenvalue weighted by molar-refractivity contribution is 5.88. The Bertz CT molecular complexity index is 1350. The molecule has 2 atom stereocenters. The normalized spacial score (nSPS) is 21.4. The van der Waals surface area contributed by atoms with E-state index >= 15 is 0 Å². The number of hydrogen-bond acceptors (Lipinski definition) is 6. The van der Waals surface area contributed by atoms with Crippen LogP contribution in [0.5, 0.6) is 0 Å². The minimum atomic E-state index is -1.69. The number of aliphatic hydroxyl groups is 2. The molecule has 2 aliphatic rings. The Morgan fingerprint density at radius 1 is 1.33 bits per heavy atom. The third-order valence-electron chi connectivity index (χ3n) is 6.93. The number of pyridine rings is 2. The molecule has 0 saturated carbocycles. The minimum absolute atomic E-state index is 0.0736. The summed E-state index contributed by atoms with van der Waals surface area (Å²) < 4.78 is 21.4. The zero-order valence-corrected chi connectivity index (χ0v) is 19.2. The van der Waals surface area contributed by atoms with Gasteiger partial charge in [-0.05, 0) is 36.6 Å². The maximum absolute atomic E-state index is 14.4. The fraction of sp³-hybridized carbons (Fsp3) is 0.440. The number of rotatable bonds is 4. The van der Waals surface area contributed by atoms with E-state index in [-0.39, 0.29) is 30.4 Å². The van der Waals surface area contributed by atoms with Crippen LogP contribution in [-0.4, -0.2) is 32.1 Å². The van der Waals surface area contributed by atoms with E-state index in [9.17, 15) is 19.4 Å². The summed E-state index contributed by atoms with van der Waals surface area (Å²) in [6.45, 7) is 8.37. The molecule has 0 saturated heterocycles. The Kier molecular flexibility index (Phi) is 5.17. The summed E-state index contributed by atoms with van der Waals surface area (Å²) in [5.74, 6) is -0.334. The highest BCUT2D eigenvalue weighted by atomic mass is 19.1. The van der Waals surface area contributed by atoms with Gasteiger partial charge in [0.15, 0.2) is 6.29 Å². The first-order valence-electron chi connectivity index (χ1n) is 11.3. The molecule has 1 aromatic carbocycles. The van der Waals surface area contributed by atoms with Gasteiger partial charge in [-0.25, -0.2) is 9.37 Å². The molecule has 174 valence electrons. The van der Waals surface area contributed by atoms with Crippen molar-refractivity contribution < 1.29 is 19.3 Å². The number of aryl methyl sites for hydroxylation is 1. The molecule has 2 aromatic heterocycles. The lowest BCUT2D eigenvalue weighted by atomic mass is 9.85. The number of nitrogens with zero attached hydrogens (tertiary/aromatic N) is 2. The third kappa shape index (κ3) is 3.24. The molecular weight excluding hydrogens is 425 g/mol. The van der Waals surface area contributed by atoms with E-state index in [1.54, 1.807) is 24.5 Å². The summed E-state index contributed by atoms with van der Waals surface area (Å²) in [5, 5.41) is 25.8. The van der Waals surface area contributed by atoms with Gasteiger partial charge >= 0.3 is 0 Å². The van der Waals surface area contributed by atoms with Gasteiger partial charge in [0.1, 0.15) is 11.4 Å². The van der Waals surface area contributed by atoms with Gasteiger partial charge < -0.3 is 24.8 Å². The van der Waals surface area contributed by atoms with Crippen LogP contribution in [0.1, 0.15) is 55.0 Å². The molecule has 8 heteroatoms. The van der Waals surface area contributed by atoms with E-state index < -0.39 is 11.9 Å². The molecule has 33 heavy (non-hydrogen) atoms. The van der Waals surface area contributed by atoms with E-state index in [1.807, 2.05) is 6.07 Å². The van der Waals surface area contributed by atoms with Gasteiger partial charge in [-0.2, -0.15) is 0 Å². The standard InChI is InChI=1S/C25H28FN3O4/c1-5-25(32)18-7-21-22-16(10-29(21)23(30)17(18)11-33-24(25)31)15(9-27-12(2)3)14-6-13(4)19(26)8-20(14)28-22/h6-8,12,24,27,31-32H,5,9-11H2,1-4H3/t24?,25-/m0/s1. The fourth-order valence-electron chi connectivity index (χ4n) is 4.91. The first-order chi connectivity index (χ1) is 15.7. The second kappa shape index (κ2) is 7.70. The largest absolute Gasteiger partial charge is 0.380 e. The summed E-state index contributed by atoms with van der Waals surface area (Å²) in [7, 11) is 0. The van der Waals surface area contributed by atoms with Gasteiger partial charge in [-0.1, -0.05) is 20.8 Å². The van der Waals surface area contributed by atoms with E-state index in [1.165, 1.54) is 6.07 Å². The Morgan fingerprint density at radius 3 is 2.79 bits per heavy atom. The topological polar surface area (TPSA) is 96.6 Å². The van der Waals surface area contributed by atoms with Gasteiger partial charge in [-0.3, -0.25) is 4.79 Å². The predicted molar refractivity (Wildman–Crippen MR) is 122 cm³/mol. The van der Waals surface area contributed by atoms with Crippen LogP contribution in [0, 0.1) is 12.7 Å². The van der Waals surface area contributed by atoms with Crippen LogP contribution in [0.15, 0.2) is 23.0 Å². The summed E-state index contributed by atoms with van der Waals surface area (Å²) in [4.78, 5) is 18.2. The number of benzene rings is 1. The molecule has 3 aromatic rings. The Balaban J connectivity index is 1.79. The zero-order chi connectivity index (χ0) is 23.7. The maximum atomic E-state index is 14.4. The Labute approximate surface area is 190 Å². The number of halogens is 1. The molecule has 5 rings (SSSR count). The maximum Gasteiger partial charge on any atom is 0.257 e. The number of aliphatic hydroxyl groups excluding tert-OH is 1. The summed E-state index contributed by atoms with van der Waals surface area (Å²) >= 11 is 0. The second-order valence-electron chi connectivity index (χ2n) is 9.33. The lowest BCUT2D eigenvalue weighted by Crippen LogP contribution is -2.47. The van der Waals surface area contributed by atoms with Crippen LogP contribution < -0.4 is 10.9 Å². The average Bonchev–Trinajstić information content (AvgIpc) is 3.14. The van der Waals surface area contributed by atoms with E-state index in [2.05, 4.69) is 19.2 Å². The number of ether oxygens (including phenoxy) is 1. The molecule has 3 N–H and O–H groups in total. The van der Waals surface area contributed by atoms with Crippen molar-refractivity contribution in [2.75, 3.05) is 0 Å². The number of fused-ring (bicyclic) bond motifs is 5. The molecule has 0 fully saturated rings. The first-order valence-corrected chi connectivity index (χ1v) is 11.3. The summed E-state index contributed by atoms with van der Waals surface area (Å²) in [6, 6.07) is 5.22. The van der Waals surface area contributed by atoms with Gasteiger partial charge in [0.25, 0.3) is 5.56 Å². The smallest absolute Gasteiger partial charge is 0.257 e. The van der Waals surface area contributed by atoms with E-state index in [0.29, 0.717) is 46.7 Å². The van der Waals surface area contributed by atoms with Crippen molar-refractivity contribution >= 4 is 10.9 Å². The quantitative estimate of drug-likeness (QED) is 0.440. The number of aromatic nitrogens is 2. The van der Waals surface area contributed by atoms with Gasteiger partial charge in [-0.15, -0.1) is 0 Å². The van der Waals surface area contributed by atoms with Crippen LogP contribution in [-0.2, 0) is 30.0 Å². The van der Waals surface area contributed by atoms with Crippen LogP contribution in [0.3, 0.4) is 0 Å². The molecule has 0 spiro atoms. The fourth-order valence-corrected chi connectivity index (χ4v) is 4.91. The lowest BCUT2D eigenvalue weighted by molar-refractivity contribution is -0.236. The second-order valence-corrected chi connectivity index (χ2v) is 9.33. The van der Waals surface area contributed by atoms with Crippen LogP contribution in [0.25, 0.3) is 22.3 Å². The molecule has 0 amide bonds. The number of hydrogen-bond donors (Lipinski definition) is 3. The van der Waals surface area contributed by atoms with Crippen LogP contribution in [0.2, 0.25) is 0 Å². The van der Waals surface area contributed by atoms with E-state index in [0.717, 1.165) is 16.5 Å². The highest BCUT2D eigenvalue weighted by Crippen LogP contribution is 2.41. The van der Waals surface area contributed by atoms with Crippen molar-refractivity contribution in [3.8, 4) is 11.4 Å². The van der Waals surface area contributed by atoms with Crippen LogP contribution in [0.4, 0.5) is 4.39 Å². The molecule has 1 unspecified atom stereocenters. The molecule has 7 nitrogen and oxygen atoms in total. The summed E-state index contributed by atoms with van der Waals surface area (Å²) in [6.07, 6.45) is -1.25. The Hall–Kier alpha value is -2.65. The highest BCUT2D eigenvalue weighted by Gasteiger charge is 2.44. The zero-order valence-electron chi connectivity index (χ0n) is 19.2. The first kappa shape index (κ1) is 22.2. The Morgan fingerprint density at radius 2 is 2.09 bits per heavy atom. The number of nitrogens with one attached hydrogen (secondary N) is 1. The summed E-state index contributed by atoms with van der Waals surface area (Å²) in [5.41, 5.74) is 2.86. The minimum Gasteiger partial charge on any atom is -0.380 e. The monoisotopic (exact) mass is 453 g/mol. The molecule has 0 radical (unpaired) electrons. The average molecular weight is 454 g/mol. The molecule has 4 heterocycles. The van der Waals surface area contributed by atoms with Crippen LogP contribution >= 0.6 is 0 Å². The van der Waals surface area contributed by atoms with Gasteiger partial charge in [0.05, 0.1) is 30.1 Å². The van der Waals surface area contributed by atoms with Crippen molar-refractivity contribution in [2.45, 2.75) is 71.7 Å². The molecule has 2 aliphatic heterocycles. The molecule has 0 bridgehead atoms. The third-order valence-corrected chi connectivity index (χ3v) is 6.93. The van der Waals surface area contributed by atoms with Crippen molar-refractivity contribution in [3.05, 3.63) is 62.2 Å². The van der Waals surface area contributed by atoms with Crippen molar-refractivity contribution in [1.82, 2.24) is 14.9 Å². The van der Waals surface area contributed by atoms with E-state index in [4.69, 9.17) is 9.72 Å². The van der Waals surface area contributed by atoms with Crippen molar-refractivity contribution in [1.29, 1.82) is 0 Å².